The Morgan fingerprint density at radius 2 is 1.76 bits per heavy atom. The molecule has 0 atom stereocenters. The number of piperazine rings is 1. The summed E-state index contributed by atoms with van der Waals surface area (Å²) in [5.41, 5.74) is 1.19. The van der Waals surface area contributed by atoms with E-state index in [1.165, 1.54) is 31.7 Å². The number of carboxylic acid groups (broad SMARTS) is 2. The summed E-state index contributed by atoms with van der Waals surface area (Å²) in [7, 11) is 2.19. The van der Waals surface area contributed by atoms with E-state index in [1.54, 1.807) is 0 Å². The molecule has 0 aromatic heterocycles. The third-order valence-electron chi connectivity index (χ3n) is 3.79. The summed E-state index contributed by atoms with van der Waals surface area (Å²) < 4.78 is 6.95. The van der Waals surface area contributed by atoms with Crippen LogP contribution in [0.2, 0.25) is 0 Å². The highest BCUT2D eigenvalue weighted by Gasteiger charge is 2.12. The van der Waals surface area contributed by atoms with Gasteiger partial charge < -0.3 is 24.7 Å². The molecule has 0 aliphatic carbocycles. The van der Waals surface area contributed by atoms with Crippen molar-refractivity contribution in [3.05, 3.63) is 28.2 Å². The van der Waals surface area contributed by atoms with Gasteiger partial charge in [0.1, 0.15) is 5.75 Å². The maximum absolute atomic E-state index is 9.10. The molecule has 8 heteroatoms. The summed E-state index contributed by atoms with van der Waals surface area (Å²) >= 11 is 3.47. The third kappa shape index (κ3) is 8.85. The summed E-state index contributed by atoms with van der Waals surface area (Å²) in [4.78, 5) is 23.1. The Morgan fingerprint density at radius 1 is 1.16 bits per heavy atom. The first kappa shape index (κ1) is 21.4. The minimum atomic E-state index is -1.82. The monoisotopic (exact) mass is 416 g/mol. The molecule has 1 heterocycles. The molecule has 0 spiro atoms. The van der Waals surface area contributed by atoms with E-state index in [-0.39, 0.29) is 0 Å². The molecule has 1 saturated heterocycles. The van der Waals surface area contributed by atoms with Crippen molar-refractivity contribution < 1.29 is 24.5 Å². The van der Waals surface area contributed by atoms with Crippen molar-refractivity contribution in [1.29, 1.82) is 0 Å². The van der Waals surface area contributed by atoms with Gasteiger partial charge in [-0.2, -0.15) is 0 Å². The van der Waals surface area contributed by atoms with E-state index in [1.807, 2.05) is 12.1 Å². The number of halogens is 1. The molecule has 2 N–H and O–H groups in total. The lowest BCUT2D eigenvalue weighted by Crippen LogP contribution is -2.44. The Kier molecular flexibility index (Phi) is 9.48. The van der Waals surface area contributed by atoms with Crippen molar-refractivity contribution in [1.82, 2.24) is 9.80 Å². The first-order chi connectivity index (χ1) is 11.8. The van der Waals surface area contributed by atoms with Gasteiger partial charge in [0.25, 0.3) is 0 Å². The van der Waals surface area contributed by atoms with E-state index < -0.39 is 11.9 Å². The van der Waals surface area contributed by atoms with Gasteiger partial charge in [0, 0.05) is 37.2 Å². The van der Waals surface area contributed by atoms with Crippen molar-refractivity contribution in [2.75, 3.05) is 46.4 Å². The normalized spacial score (nSPS) is 15.2. The molecule has 0 radical (unpaired) electrons. The predicted molar refractivity (Wildman–Crippen MR) is 98.2 cm³/mol. The van der Waals surface area contributed by atoms with Gasteiger partial charge in [-0.05, 0) is 44.2 Å². The topological polar surface area (TPSA) is 90.3 Å². The van der Waals surface area contributed by atoms with Gasteiger partial charge >= 0.3 is 11.9 Å². The number of hydrogen-bond donors (Lipinski definition) is 2. The lowest BCUT2D eigenvalue weighted by molar-refractivity contribution is -0.159. The van der Waals surface area contributed by atoms with Crippen LogP contribution in [0.4, 0.5) is 0 Å². The summed E-state index contributed by atoms with van der Waals surface area (Å²) in [6.45, 7) is 8.78. The van der Waals surface area contributed by atoms with Crippen LogP contribution in [-0.4, -0.2) is 78.3 Å². The molecule has 1 aliphatic rings. The van der Waals surface area contributed by atoms with Gasteiger partial charge in [0.05, 0.1) is 6.61 Å². The van der Waals surface area contributed by atoms with Gasteiger partial charge in [-0.15, -0.1) is 0 Å². The first-order valence-corrected chi connectivity index (χ1v) is 8.85. The second-order valence-corrected chi connectivity index (χ2v) is 6.78. The molecule has 0 bridgehead atoms. The molecule has 1 aromatic carbocycles. The second-order valence-electron chi connectivity index (χ2n) is 5.87. The minimum absolute atomic E-state index is 0.800. The lowest BCUT2D eigenvalue weighted by Gasteiger charge is -2.32. The second kappa shape index (κ2) is 11.1. The van der Waals surface area contributed by atoms with E-state index in [4.69, 9.17) is 24.5 Å². The SMILES string of the molecule is Cc1cc(Br)ccc1OCCCN1CCN(C)CC1.O=C(O)C(=O)O. The van der Waals surface area contributed by atoms with Gasteiger partial charge in [0.15, 0.2) is 0 Å². The van der Waals surface area contributed by atoms with Crippen LogP contribution in [0.25, 0.3) is 0 Å². The fraction of sp³-hybridized carbons (Fsp3) is 0.529. The molecule has 0 amide bonds. The fourth-order valence-electron chi connectivity index (χ4n) is 2.32. The lowest BCUT2D eigenvalue weighted by atomic mass is 10.2. The number of likely N-dealkylation sites (N-methyl/N-ethyl adjacent to an activating group) is 1. The summed E-state index contributed by atoms with van der Waals surface area (Å²) in [6.07, 6.45) is 1.10. The van der Waals surface area contributed by atoms with Crippen LogP contribution in [0.15, 0.2) is 22.7 Å². The Balaban J connectivity index is 0.000000450. The molecular weight excluding hydrogens is 392 g/mol. The number of carboxylic acids is 2. The van der Waals surface area contributed by atoms with E-state index in [0.29, 0.717) is 0 Å². The predicted octanol–water partition coefficient (Wildman–Crippen LogP) is 1.93. The Labute approximate surface area is 156 Å². The average Bonchev–Trinajstić information content (AvgIpc) is 2.55. The number of aliphatic carboxylic acids is 2. The van der Waals surface area contributed by atoms with Crippen molar-refractivity contribution >= 4 is 27.9 Å². The molecule has 0 unspecified atom stereocenters. The highest BCUT2D eigenvalue weighted by atomic mass is 79.9. The van der Waals surface area contributed by atoms with Crippen LogP contribution < -0.4 is 4.74 Å². The number of rotatable bonds is 5. The van der Waals surface area contributed by atoms with Crippen LogP contribution >= 0.6 is 15.9 Å². The van der Waals surface area contributed by atoms with Crippen LogP contribution in [0.5, 0.6) is 5.75 Å². The zero-order valence-electron chi connectivity index (χ0n) is 14.6. The number of benzene rings is 1. The van der Waals surface area contributed by atoms with Gasteiger partial charge in [-0.3, -0.25) is 0 Å². The molecule has 25 heavy (non-hydrogen) atoms. The van der Waals surface area contributed by atoms with Crippen LogP contribution in [0, 0.1) is 6.92 Å². The minimum Gasteiger partial charge on any atom is -0.493 e. The van der Waals surface area contributed by atoms with E-state index in [9.17, 15) is 0 Å². The number of aryl methyl sites for hydroxylation is 1. The third-order valence-corrected chi connectivity index (χ3v) is 4.29. The molecule has 1 fully saturated rings. The quantitative estimate of drug-likeness (QED) is 0.559. The number of nitrogens with zero attached hydrogens (tertiary/aromatic N) is 2. The zero-order valence-corrected chi connectivity index (χ0v) is 16.2. The molecule has 1 aromatic rings. The number of carbonyl (C=O) groups is 2. The molecular formula is C17H25BrN2O5. The van der Waals surface area contributed by atoms with E-state index >= 15 is 0 Å². The first-order valence-electron chi connectivity index (χ1n) is 8.05. The molecule has 2 rings (SSSR count). The van der Waals surface area contributed by atoms with Crippen LogP contribution in [-0.2, 0) is 9.59 Å². The average molecular weight is 417 g/mol. The van der Waals surface area contributed by atoms with E-state index in [0.717, 1.165) is 29.8 Å². The zero-order chi connectivity index (χ0) is 18.8. The van der Waals surface area contributed by atoms with Gasteiger partial charge in [-0.25, -0.2) is 9.59 Å². The van der Waals surface area contributed by atoms with Crippen LogP contribution in [0.3, 0.4) is 0 Å². The molecule has 0 saturated carbocycles. The smallest absolute Gasteiger partial charge is 0.414 e. The molecule has 7 nitrogen and oxygen atoms in total. The van der Waals surface area contributed by atoms with Crippen molar-refractivity contribution in [2.45, 2.75) is 13.3 Å². The molecule has 140 valence electrons. The summed E-state index contributed by atoms with van der Waals surface area (Å²) in [5.74, 6) is -2.65. The Bertz CT molecular complexity index is 562. The summed E-state index contributed by atoms with van der Waals surface area (Å²) in [6, 6.07) is 6.16. The summed E-state index contributed by atoms with van der Waals surface area (Å²) in [5, 5.41) is 14.8. The maximum atomic E-state index is 9.10. The number of hydrogen-bond acceptors (Lipinski definition) is 5. The van der Waals surface area contributed by atoms with Crippen LogP contribution in [0.1, 0.15) is 12.0 Å². The van der Waals surface area contributed by atoms with Crippen molar-refractivity contribution in [3.8, 4) is 5.75 Å². The van der Waals surface area contributed by atoms with E-state index in [2.05, 4.69) is 45.8 Å². The van der Waals surface area contributed by atoms with Gasteiger partial charge in [0.2, 0.25) is 0 Å². The van der Waals surface area contributed by atoms with Crippen molar-refractivity contribution in [3.63, 3.8) is 0 Å². The Hall–Kier alpha value is -1.64. The largest absolute Gasteiger partial charge is 0.493 e. The Morgan fingerprint density at radius 3 is 2.28 bits per heavy atom. The standard InChI is InChI=1S/C15H23BrN2O.C2H2O4/c1-13-12-14(16)4-5-15(13)19-11-3-6-18-9-7-17(2)8-10-18;3-1(4)2(5)6/h4-5,12H,3,6-11H2,1-2H3;(H,3,4)(H,5,6). The highest BCUT2D eigenvalue weighted by Crippen LogP contribution is 2.22. The molecule has 1 aliphatic heterocycles. The fourth-order valence-corrected chi connectivity index (χ4v) is 2.79. The maximum Gasteiger partial charge on any atom is 0.414 e. The van der Waals surface area contributed by atoms with Crippen molar-refractivity contribution in [2.24, 2.45) is 0 Å². The van der Waals surface area contributed by atoms with Gasteiger partial charge in [-0.1, -0.05) is 15.9 Å². The number of ether oxygens (including phenoxy) is 1. The highest BCUT2D eigenvalue weighted by molar-refractivity contribution is 9.10.